The molecule has 3 rings (SSSR count). The van der Waals surface area contributed by atoms with Gasteiger partial charge >= 0.3 is 10.2 Å². The lowest BCUT2D eigenvalue weighted by Crippen LogP contribution is -2.25. The summed E-state index contributed by atoms with van der Waals surface area (Å²) in [5, 5.41) is 0. The number of benzene rings is 1. The van der Waals surface area contributed by atoms with Crippen LogP contribution in [0.3, 0.4) is 0 Å². The quantitative estimate of drug-likeness (QED) is 0.791. The summed E-state index contributed by atoms with van der Waals surface area (Å²) in [5.74, 6) is -1.25. The van der Waals surface area contributed by atoms with Gasteiger partial charge in [0.1, 0.15) is 0 Å². The Labute approximate surface area is 116 Å². The molecule has 2 aliphatic heterocycles. The lowest BCUT2D eigenvalue weighted by Gasteiger charge is -2.17. The van der Waals surface area contributed by atoms with Gasteiger partial charge in [-0.2, -0.15) is 8.42 Å². The summed E-state index contributed by atoms with van der Waals surface area (Å²) in [4.78, 5) is 13.5. The summed E-state index contributed by atoms with van der Waals surface area (Å²) in [6.45, 7) is 1.33. The van der Waals surface area contributed by atoms with Crippen molar-refractivity contribution in [1.82, 2.24) is 0 Å². The van der Waals surface area contributed by atoms with Crippen molar-refractivity contribution < 1.29 is 21.8 Å². The van der Waals surface area contributed by atoms with Crippen molar-refractivity contribution >= 4 is 21.8 Å². The normalized spacial score (nSPS) is 22.4. The number of nitrogens with zero attached hydrogens (tertiary/aromatic N) is 1. The number of hydrogen-bond donors (Lipinski definition) is 0. The first-order valence-corrected chi connectivity index (χ1v) is 7.90. The van der Waals surface area contributed by atoms with Gasteiger partial charge in [-0.1, -0.05) is 6.07 Å². The van der Waals surface area contributed by atoms with Crippen LogP contribution in [0.4, 0.5) is 9.57 Å². The molecule has 108 valence electrons. The minimum atomic E-state index is -4.55. The van der Waals surface area contributed by atoms with E-state index in [0.29, 0.717) is 13.2 Å². The van der Waals surface area contributed by atoms with Gasteiger partial charge in [0.15, 0.2) is 0 Å². The third kappa shape index (κ3) is 2.69. The van der Waals surface area contributed by atoms with E-state index in [-0.39, 0.29) is 18.9 Å². The first kappa shape index (κ1) is 13.5. The third-order valence-electron chi connectivity index (χ3n) is 3.66. The minimum Gasteiger partial charge on any atom is -0.372 e. The molecule has 1 amide bonds. The molecule has 1 fully saturated rings. The smallest absolute Gasteiger partial charge is 0.302 e. The van der Waals surface area contributed by atoms with Gasteiger partial charge in [0, 0.05) is 24.6 Å². The van der Waals surface area contributed by atoms with E-state index in [1.807, 2.05) is 18.2 Å². The Hall–Kier alpha value is -1.47. The Morgan fingerprint density at radius 1 is 1.30 bits per heavy atom. The van der Waals surface area contributed by atoms with E-state index < -0.39 is 21.9 Å². The number of halogens is 1. The van der Waals surface area contributed by atoms with Crippen molar-refractivity contribution in [2.75, 3.05) is 17.2 Å². The lowest BCUT2D eigenvalue weighted by molar-refractivity contribution is -0.117. The van der Waals surface area contributed by atoms with Gasteiger partial charge in [0.05, 0.1) is 19.0 Å². The second kappa shape index (κ2) is 4.82. The molecule has 1 saturated heterocycles. The molecule has 0 spiro atoms. The second-order valence-electron chi connectivity index (χ2n) is 5.23. The monoisotopic (exact) mass is 299 g/mol. The first-order chi connectivity index (χ1) is 9.42. The highest BCUT2D eigenvalue weighted by atomic mass is 32.3. The zero-order valence-corrected chi connectivity index (χ0v) is 11.5. The van der Waals surface area contributed by atoms with Gasteiger partial charge in [0.2, 0.25) is 5.91 Å². The van der Waals surface area contributed by atoms with Gasteiger partial charge in [-0.15, -0.1) is 3.89 Å². The molecule has 1 aromatic carbocycles. The van der Waals surface area contributed by atoms with Gasteiger partial charge in [-0.25, -0.2) is 0 Å². The number of carbonyl (C=O) groups is 1. The van der Waals surface area contributed by atoms with Crippen molar-refractivity contribution in [3.8, 4) is 0 Å². The zero-order valence-electron chi connectivity index (χ0n) is 10.7. The molecule has 5 nitrogen and oxygen atoms in total. The Bertz CT molecular complexity index is 658. The van der Waals surface area contributed by atoms with Crippen molar-refractivity contribution in [1.29, 1.82) is 0 Å². The molecule has 0 aliphatic carbocycles. The van der Waals surface area contributed by atoms with E-state index in [1.54, 1.807) is 0 Å². The average molecular weight is 299 g/mol. The SMILES string of the molecule is O=C1CC(CS(=O)(=O)F)CN1c1ccc2c(c1)COC2. The van der Waals surface area contributed by atoms with Gasteiger partial charge in [0.25, 0.3) is 0 Å². The number of ether oxygens (including phenoxy) is 1. The Kier molecular flexibility index (Phi) is 3.25. The molecule has 2 aliphatic rings. The van der Waals surface area contributed by atoms with E-state index in [2.05, 4.69) is 0 Å². The predicted molar refractivity (Wildman–Crippen MR) is 70.3 cm³/mol. The summed E-state index contributed by atoms with van der Waals surface area (Å²) < 4.78 is 39.4. The van der Waals surface area contributed by atoms with E-state index in [9.17, 15) is 17.1 Å². The van der Waals surface area contributed by atoms with Gasteiger partial charge < -0.3 is 9.64 Å². The fourth-order valence-corrected chi connectivity index (χ4v) is 3.54. The van der Waals surface area contributed by atoms with Crippen LogP contribution in [0.15, 0.2) is 18.2 Å². The Morgan fingerprint density at radius 3 is 2.80 bits per heavy atom. The van der Waals surface area contributed by atoms with E-state index in [4.69, 9.17) is 4.74 Å². The molecule has 0 aromatic heterocycles. The molecular formula is C13H14FNO4S. The second-order valence-corrected chi connectivity index (χ2v) is 6.64. The van der Waals surface area contributed by atoms with Crippen LogP contribution in [-0.2, 0) is 33.0 Å². The maximum atomic E-state index is 12.7. The highest BCUT2D eigenvalue weighted by Crippen LogP contribution is 2.30. The average Bonchev–Trinajstić information content (AvgIpc) is 2.92. The molecule has 0 N–H and O–H groups in total. The number of carbonyl (C=O) groups excluding carboxylic acids is 1. The highest BCUT2D eigenvalue weighted by molar-refractivity contribution is 7.86. The van der Waals surface area contributed by atoms with E-state index in [1.165, 1.54) is 4.90 Å². The fourth-order valence-electron chi connectivity index (χ4n) is 2.75. The lowest BCUT2D eigenvalue weighted by atomic mass is 10.1. The van der Waals surface area contributed by atoms with Crippen molar-refractivity contribution in [2.45, 2.75) is 19.6 Å². The fraction of sp³-hybridized carbons (Fsp3) is 0.462. The molecule has 1 unspecified atom stereocenters. The highest BCUT2D eigenvalue weighted by Gasteiger charge is 2.34. The van der Waals surface area contributed by atoms with Crippen LogP contribution in [0.5, 0.6) is 0 Å². The van der Waals surface area contributed by atoms with Crippen molar-refractivity contribution in [2.24, 2.45) is 5.92 Å². The summed E-state index contributed by atoms with van der Waals surface area (Å²) >= 11 is 0. The molecule has 0 bridgehead atoms. The molecule has 20 heavy (non-hydrogen) atoms. The number of fused-ring (bicyclic) bond motifs is 1. The Balaban J connectivity index is 1.79. The molecule has 0 saturated carbocycles. The summed E-state index contributed by atoms with van der Waals surface area (Å²) in [6.07, 6.45) is 0.0662. The predicted octanol–water partition coefficient (Wildman–Crippen LogP) is 1.37. The molecular weight excluding hydrogens is 285 g/mol. The molecule has 7 heteroatoms. The maximum Gasteiger partial charge on any atom is 0.302 e. The van der Waals surface area contributed by atoms with Gasteiger partial charge in [-0.05, 0) is 23.3 Å². The first-order valence-electron chi connectivity index (χ1n) is 6.34. The standard InChI is InChI=1S/C13H14FNO4S/c14-20(17,18)8-9-3-13(16)15(5-9)12-2-1-10-6-19-7-11(10)4-12/h1-2,4,9H,3,5-8H2. The largest absolute Gasteiger partial charge is 0.372 e. The van der Waals surface area contributed by atoms with Crippen LogP contribution >= 0.6 is 0 Å². The number of hydrogen-bond acceptors (Lipinski definition) is 4. The number of rotatable bonds is 3. The van der Waals surface area contributed by atoms with Crippen LogP contribution in [0.2, 0.25) is 0 Å². The Morgan fingerprint density at radius 2 is 2.05 bits per heavy atom. The van der Waals surface area contributed by atoms with Crippen LogP contribution in [-0.4, -0.2) is 26.6 Å². The van der Waals surface area contributed by atoms with Crippen LogP contribution in [0.1, 0.15) is 17.5 Å². The van der Waals surface area contributed by atoms with E-state index in [0.717, 1.165) is 16.8 Å². The summed E-state index contributed by atoms with van der Waals surface area (Å²) in [5.41, 5.74) is 2.86. The van der Waals surface area contributed by atoms with Gasteiger partial charge in [-0.3, -0.25) is 4.79 Å². The summed E-state index contributed by atoms with van der Waals surface area (Å²) in [7, 11) is -4.55. The topological polar surface area (TPSA) is 63.7 Å². The number of anilines is 1. The molecule has 1 atom stereocenters. The third-order valence-corrected chi connectivity index (χ3v) is 4.53. The van der Waals surface area contributed by atoms with Crippen LogP contribution < -0.4 is 4.90 Å². The molecule has 1 aromatic rings. The molecule has 2 heterocycles. The van der Waals surface area contributed by atoms with Crippen molar-refractivity contribution in [3.63, 3.8) is 0 Å². The summed E-state index contributed by atoms with van der Waals surface area (Å²) in [6, 6.07) is 5.61. The van der Waals surface area contributed by atoms with E-state index >= 15 is 0 Å². The maximum absolute atomic E-state index is 12.7. The molecule has 0 radical (unpaired) electrons. The van der Waals surface area contributed by atoms with Crippen LogP contribution in [0, 0.1) is 5.92 Å². The number of amides is 1. The van der Waals surface area contributed by atoms with Crippen LogP contribution in [0.25, 0.3) is 0 Å². The zero-order chi connectivity index (χ0) is 14.3. The minimum absolute atomic E-state index is 0.0662. The van der Waals surface area contributed by atoms with Crippen molar-refractivity contribution in [3.05, 3.63) is 29.3 Å².